The van der Waals surface area contributed by atoms with Crippen LogP contribution in [0.2, 0.25) is 0 Å². The van der Waals surface area contributed by atoms with E-state index in [1.807, 2.05) is 18.7 Å². The third-order valence-corrected chi connectivity index (χ3v) is 3.10. The monoisotopic (exact) mass is 295 g/mol. The first-order valence-electron chi connectivity index (χ1n) is 7.14. The molecule has 1 aromatic carbocycles. The Bertz CT molecular complexity index is 452. The standard InChI is InChI=1S/C15H25N3O3/c1-4-18(8-9-21-5-2)11-15(19)17-14-7-6-12(20-3)10-13(14)16/h6-7,10H,4-5,8-9,11,16H2,1-3H3,(H,17,19). The van der Waals surface area contributed by atoms with E-state index in [1.54, 1.807) is 25.3 Å². The summed E-state index contributed by atoms with van der Waals surface area (Å²) in [6.45, 7) is 7.12. The molecular formula is C15H25N3O3. The van der Waals surface area contributed by atoms with Crippen LogP contribution in [0, 0.1) is 0 Å². The van der Waals surface area contributed by atoms with E-state index in [1.165, 1.54) is 0 Å². The molecule has 0 aliphatic heterocycles. The summed E-state index contributed by atoms with van der Waals surface area (Å²) in [7, 11) is 1.57. The number of benzene rings is 1. The van der Waals surface area contributed by atoms with Crippen molar-refractivity contribution in [2.75, 3.05) is 51.0 Å². The van der Waals surface area contributed by atoms with Gasteiger partial charge in [0, 0.05) is 19.2 Å². The molecule has 0 heterocycles. The number of ether oxygens (including phenoxy) is 2. The number of nitrogens with one attached hydrogen (secondary N) is 1. The topological polar surface area (TPSA) is 76.8 Å². The lowest BCUT2D eigenvalue weighted by Crippen LogP contribution is -2.35. The van der Waals surface area contributed by atoms with Crippen molar-refractivity contribution in [2.24, 2.45) is 0 Å². The normalized spacial score (nSPS) is 10.7. The molecule has 118 valence electrons. The number of methoxy groups -OCH3 is 1. The average molecular weight is 295 g/mol. The van der Waals surface area contributed by atoms with Crippen molar-refractivity contribution in [2.45, 2.75) is 13.8 Å². The first-order chi connectivity index (χ1) is 10.1. The van der Waals surface area contributed by atoms with Crippen LogP contribution in [0.15, 0.2) is 18.2 Å². The summed E-state index contributed by atoms with van der Waals surface area (Å²) in [5, 5.41) is 2.81. The summed E-state index contributed by atoms with van der Waals surface area (Å²) in [6, 6.07) is 5.18. The fourth-order valence-electron chi connectivity index (χ4n) is 1.86. The van der Waals surface area contributed by atoms with Gasteiger partial charge in [-0.15, -0.1) is 0 Å². The van der Waals surface area contributed by atoms with Gasteiger partial charge in [0.2, 0.25) is 5.91 Å². The number of rotatable bonds is 9. The highest BCUT2D eigenvalue weighted by Gasteiger charge is 2.11. The first kappa shape index (κ1) is 17.3. The van der Waals surface area contributed by atoms with Gasteiger partial charge >= 0.3 is 0 Å². The minimum Gasteiger partial charge on any atom is -0.497 e. The van der Waals surface area contributed by atoms with Gasteiger partial charge in [0.25, 0.3) is 0 Å². The summed E-state index contributed by atoms with van der Waals surface area (Å²) < 4.78 is 10.4. The molecule has 0 aliphatic carbocycles. The van der Waals surface area contributed by atoms with E-state index in [9.17, 15) is 4.79 Å². The summed E-state index contributed by atoms with van der Waals surface area (Å²) in [5.74, 6) is 0.572. The van der Waals surface area contributed by atoms with Gasteiger partial charge in [-0.25, -0.2) is 0 Å². The van der Waals surface area contributed by atoms with Crippen LogP contribution in [0.25, 0.3) is 0 Å². The Balaban J connectivity index is 2.52. The zero-order valence-electron chi connectivity index (χ0n) is 13.0. The number of nitrogens with two attached hydrogens (primary N) is 1. The molecule has 0 fully saturated rings. The van der Waals surface area contributed by atoms with E-state index in [-0.39, 0.29) is 5.91 Å². The third-order valence-electron chi connectivity index (χ3n) is 3.10. The second kappa shape index (κ2) is 9.20. The fourth-order valence-corrected chi connectivity index (χ4v) is 1.86. The van der Waals surface area contributed by atoms with E-state index in [0.29, 0.717) is 36.9 Å². The van der Waals surface area contributed by atoms with E-state index >= 15 is 0 Å². The maximum Gasteiger partial charge on any atom is 0.238 e. The van der Waals surface area contributed by atoms with Crippen LogP contribution in [0.3, 0.4) is 0 Å². The maximum absolute atomic E-state index is 12.0. The Hall–Kier alpha value is -1.79. The number of carbonyl (C=O) groups is 1. The van der Waals surface area contributed by atoms with Gasteiger partial charge in [-0.2, -0.15) is 0 Å². The van der Waals surface area contributed by atoms with Crippen LogP contribution >= 0.6 is 0 Å². The minimum absolute atomic E-state index is 0.0924. The van der Waals surface area contributed by atoms with Crippen molar-refractivity contribution in [3.63, 3.8) is 0 Å². The van der Waals surface area contributed by atoms with E-state index in [4.69, 9.17) is 15.2 Å². The van der Waals surface area contributed by atoms with E-state index < -0.39 is 0 Å². The van der Waals surface area contributed by atoms with Gasteiger partial charge in [0.15, 0.2) is 0 Å². The van der Waals surface area contributed by atoms with Crippen molar-refractivity contribution in [1.29, 1.82) is 0 Å². The molecule has 6 heteroatoms. The number of hydrogen-bond donors (Lipinski definition) is 2. The third kappa shape index (κ3) is 6.01. The number of amides is 1. The number of anilines is 2. The van der Waals surface area contributed by atoms with Crippen molar-refractivity contribution in [1.82, 2.24) is 4.90 Å². The van der Waals surface area contributed by atoms with Gasteiger partial charge in [0.05, 0.1) is 31.6 Å². The van der Waals surface area contributed by atoms with Crippen LogP contribution in [0.5, 0.6) is 5.75 Å². The molecule has 1 amide bonds. The quantitative estimate of drug-likeness (QED) is 0.534. The van der Waals surface area contributed by atoms with E-state index in [2.05, 4.69) is 5.32 Å². The van der Waals surface area contributed by atoms with Crippen LogP contribution < -0.4 is 15.8 Å². The van der Waals surface area contributed by atoms with Gasteiger partial charge in [-0.1, -0.05) is 6.92 Å². The molecule has 21 heavy (non-hydrogen) atoms. The lowest BCUT2D eigenvalue weighted by molar-refractivity contribution is -0.117. The summed E-state index contributed by atoms with van der Waals surface area (Å²) in [5.41, 5.74) is 6.96. The molecule has 0 aliphatic rings. The molecule has 0 bridgehead atoms. The highest BCUT2D eigenvalue weighted by atomic mass is 16.5. The Morgan fingerprint density at radius 3 is 2.71 bits per heavy atom. The molecule has 0 radical (unpaired) electrons. The maximum atomic E-state index is 12.0. The SMILES string of the molecule is CCOCCN(CC)CC(=O)Nc1ccc(OC)cc1N. The predicted octanol–water partition coefficient (Wildman–Crippen LogP) is 1.57. The number of hydrogen-bond acceptors (Lipinski definition) is 5. The predicted molar refractivity (Wildman–Crippen MR) is 84.6 cm³/mol. The highest BCUT2D eigenvalue weighted by molar-refractivity contribution is 5.95. The Morgan fingerprint density at radius 2 is 2.14 bits per heavy atom. The first-order valence-corrected chi connectivity index (χ1v) is 7.14. The van der Waals surface area contributed by atoms with Crippen LogP contribution in [0.4, 0.5) is 11.4 Å². The number of nitrogens with zero attached hydrogens (tertiary/aromatic N) is 1. The minimum atomic E-state index is -0.0924. The van der Waals surface area contributed by atoms with Gasteiger partial charge in [-0.05, 0) is 25.6 Å². The molecule has 0 unspecified atom stereocenters. The number of carbonyl (C=O) groups excluding carboxylic acids is 1. The smallest absolute Gasteiger partial charge is 0.238 e. The molecular weight excluding hydrogens is 270 g/mol. The lowest BCUT2D eigenvalue weighted by Gasteiger charge is -2.20. The van der Waals surface area contributed by atoms with Gasteiger partial charge in [-0.3, -0.25) is 9.69 Å². The Kier molecular flexibility index (Phi) is 7.56. The summed E-state index contributed by atoms with van der Waals surface area (Å²) in [4.78, 5) is 14.1. The molecule has 0 spiro atoms. The van der Waals surface area contributed by atoms with Crippen LogP contribution in [0.1, 0.15) is 13.8 Å². The van der Waals surface area contributed by atoms with Gasteiger partial charge < -0.3 is 20.5 Å². The average Bonchev–Trinajstić information content (AvgIpc) is 2.48. The molecule has 0 saturated heterocycles. The number of nitrogen functional groups attached to an aromatic ring is 1. The van der Waals surface area contributed by atoms with Crippen molar-refractivity contribution >= 4 is 17.3 Å². The zero-order valence-corrected chi connectivity index (χ0v) is 13.0. The lowest BCUT2D eigenvalue weighted by atomic mass is 10.2. The molecule has 0 atom stereocenters. The van der Waals surface area contributed by atoms with Crippen molar-refractivity contribution in [3.8, 4) is 5.75 Å². The van der Waals surface area contributed by atoms with Crippen LogP contribution in [-0.4, -0.2) is 50.8 Å². The molecule has 1 rings (SSSR count). The molecule has 0 aromatic heterocycles. The second-order valence-electron chi connectivity index (χ2n) is 4.57. The highest BCUT2D eigenvalue weighted by Crippen LogP contribution is 2.23. The number of likely N-dealkylation sites (N-methyl/N-ethyl adjacent to an activating group) is 1. The van der Waals surface area contributed by atoms with Gasteiger partial charge in [0.1, 0.15) is 5.75 Å². The molecule has 3 N–H and O–H groups in total. The molecule has 6 nitrogen and oxygen atoms in total. The molecule has 1 aromatic rings. The summed E-state index contributed by atoms with van der Waals surface area (Å²) >= 11 is 0. The van der Waals surface area contributed by atoms with Crippen molar-refractivity contribution < 1.29 is 14.3 Å². The van der Waals surface area contributed by atoms with E-state index in [0.717, 1.165) is 13.1 Å². The molecule has 0 saturated carbocycles. The second-order valence-corrected chi connectivity index (χ2v) is 4.57. The zero-order chi connectivity index (χ0) is 15.7. The Morgan fingerprint density at radius 1 is 1.38 bits per heavy atom. The van der Waals surface area contributed by atoms with Crippen molar-refractivity contribution in [3.05, 3.63) is 18.2 Å². The largest absolute Gasteiger partial charge is 0.497 e. The fraction of sp³-hybridized carbons (Fsp3) is 0.533. The summed E-state index contributed by atoms with van der Waals surface area (Å²) in [6.07, 6.45) is 0. The van der Waals surface area contributed by atoms with Crippen LogP contribution in [-0.2, 0) is 9.53 Å². The Labute approximate surface area is 126 Å².